The first-order valence-corrected chi connectivity index (χ1v) is 10.0. The van der Waals surface area contributed by atoms with E-state index in [1.54, 1.807) is 7.11 Å². The third-order valence-electron chi connectivity index (χ3n) is 5.58. The van der Waals surface area contributed by atoms with E-state index in [2.05, 4.69) is 18.7 Å². The molecule has 4 rings (SSSR count). The second-order valence-electron chi connectivity index (χ2n) is 7.41. The molecule has 6 atom stereocenters. The molecular weight excluding hydrogens is 368 g/mol. The van der Waals surface area contributed by atoms with E-state index in [-0.39, 0.29) is 30.3 Å². The summed E-state index contributed by atoms with van der Waals surface area (Å²) in [6.07, 6.45) is 0.436. The van der Waals surface area contributed by atoms with E-state index in [4.69, 9.17) is 23.7 Å². The quantitative estimate of drug-likeness (QED) is 0.637. The molecule has 0 aliphatic carbocycles. The van der Waals surface area contributed by atoms with Crippen LogP contribution in [0.3, 0.4) is 0 Å². The van der Waals surface area contributed by atoms with Gasteiger partial charge in [0, 0.05) is 13.0 Å². The summed E-state index contributed by atoms with van der Waals surface area (Å²) in [7, 11) is 1.64. The summed E-state index contributed by atoms with van der Waals surface area (Å²) in [6.45, 7) is 5.38. The predicted molar refractivity (Wildman–Crippen MR) is 109 cm³/mol. The third-order valence-corrected chi connectivity index (χ3v) is 5.58. The van der Waals surface area contributed by atoms with Crippen molar-refractivity contribution in [2.75, 3.05) is 13.7 Å². The highest BCUT2D eigenvalue weighted by Crippen LogP contribution is 2.39. The van der Waals surface area contributed by atoms with Crippen LogP contribution < -0.4 is 0 Å². The van der Waals surface area contributed by atoms with Gasteiger partial charge < -0.3 is 23.7 Å². The first-order chi connectivity index (χ1) is 14.3. The van der Waals surface area contributed by atoms with Crippen LogP contribution in [0.25, 0.3) is 0 Å². The zero-order valence-electron chi connectivity index (χ0n) is 16.7. The van der Waals surface area contributed by atoms with Crippen LogP contribution in [-0.4, -0.2) is 44.4 Å². The highest BCUT2D eigenvalue weighted by molar-refractivity contribution is 5.15. The number of benzene rings is 2. The molecule has 0 spiro atoms. The number of hydrogen-bond donors (Lipinski definition) is 0. The van der Waals surface area contributed by atoms with Gasteiger partial charge in [-0.1, -0.05) is 66.7 Å². The molecule has 0 unspecified atom stereocenters. The van der Waals surface area contributed by atoms with Crippen molar-refractivity contribution in [2.24, 2.45) is 5.92 Å². The Bertz CT molecular complexity index is 765. The fourth-order valence-electron chi connectivity index (χ4n) is 4.12. The van der Waals surface area contributed by atoms with Crippen molar-refractivity contribution in [1.82, 2.24) is 0 Å². The van der Waals surface area contributed by atoms with Crippen molar-refractivity contribution in [3.8, 4) is 0 Å². The number of methoxy groups -OCH3 is 1. The monoisotopic (exact) mass is 396 g/mol. The maximum atomic E-state index is 6.44. The van der Waals surface area contributed by atoms with Gasteiger partial charge >= 0.3 is 0 Å². The largest absolute Gasteiger partial charge is 0.371 e. The highest BCUT2D eigenvalue weighted by Gasteiger charge is 2.53. The highest BCUT2D eigenvalue weighted by atomic mass is 16.7. The second kappa shape index (κ2) is 9.65. The Morgan fingerprint density at radius 1 is 0.931 bits per heavy atom. The molecule has 5 heteroatoms. The standard InChI is InChI=1S/C24H28O5/c1-3-19-21-20(16-26-19)29-24(25-2)23(28-15-18-12-8-5-9-13-18)22(21)27-14-17-10-6-4-7-11-17/h3-13,19-24H,1,14-16H2,2H3/t19-,20+,21+,22-,23+,24-/m0/s1. The zero-order chi connectivity index (χ0) is 20.1. The first kappa shape index (κ1) is 20.3. The van der Waals surface area contributed by atoms with Gasteiger partial charge in [-0.2, -0.15) is 0 Å². The Balaban J connectivity index is 1.55. The van der Waals surface area contributed by atoms with Crippen LogP contribution in [0.2, 0.25) is 0 Å². The summed E-state index contributed by atoms with van der Waals surface area (Å²) in [5.74, 6) is 0.00313. The average molecular weight is 396 g/mol. The van der Waals surface area contributed by atoms with Crippen molar-refractivity contribution in [2.45, 2.75) is 43.9 Å². The van der Waals surface area contributed by atoms with Gasteiger partial charge in [-0.05, 0) is 11.1 Å². The maximum Gasteiger partial charge on any atom is 0.186 e. The lowest BCUT2D eigenvalue weighted by Crippen LogP contribution is -2.57. The fourth-order valence-corrected chi connectivity index (χ4v) is 4.12. The smallest absolute Gasteiger partial charge is 0.186 e. The number of rotatable bonds is 8. The molecule has 0 bridgehead atoms. The Morgan fingerprint density at radius 2 is 1.52 bits per heavy atom. The maximum absolute atomic E-state index is 6.44. The van der Waals surface area contributed by atoms with E-state index < -0.39 is 6.29 Å². The fraction of sp³-hybridized carbons (Fsp3) is 0.417. The van der Waals surface area contributed by atoms with Crippen molar-refractivity contribution >= 4 is 0 Å². The van der Waals surface area contributed by atoms with Crippen LogP contribution in [0.5, 0.6) is 0 Å². The van der Waals surface area contributed by atoms with E-state index in [0.29, 0.717) is 19.8 Å². The van der Waals surface area contributed by atoms with Crippen molar-refractivity contribution in [3.63, 3.8) is 0 Å². The Morgan fingerprint density at radius 3 is 2.07 bits per heavy atom. The SMILES string of the molecule is C=C[C@@H]1OC[C@H]2O[C@H](OC)[C@H](OCc3ccccc3)[C@@H](OCc3ccccc3)[C@H]12. The molecule has 29 heavy (non-hydrogen) atoms. The van der Waals surface area contributed by atoms with Gasteiger partial charge in [-0.25, -0.2) is 0 Å². The van der Waals surface area contributed by atoms with Gasteiger partial charge in [0.1, 0.15) is 6.10 Å². The summed E-state index contributed by atoms with van der Waals surface area (Å²) in [5.41, 5.74) is 2.20. The summed E-state index contributed by atoms with van der Waals surface area (Å²) in [4.78, 5) is 0. The molecule has 2 heterocycles. The van der Waals surface area contributed by atoms with Crippen LogP contribution >= 0.6 is 0 Å². The predicted octanol–water partition coefficient (Wildman–Crippen LogP) is 3.73. The molecule has 2 saturated heterocycles. The van der Waals surface area contributed by atoms with Crippen LogP contribution in [0.15, 0.2) is 73.3 Å². The molecule has 5 nitrogen and oxygen atoms in total. The Kier molecular flexibility index (Phi) is 6.74. The molecule has 0 aromatic heterocycles. The van der Waals surface area contributed by atoms with Gasteiger partial charge in [-0.15, -0.1) is 6.58 Å². The van der Waals surface area contributed by atoms with Gasteiger partial charge in [0.2, 0.25) is 0 Å². The zero-order valence-corrected chi connectivity index (χ0v) is 16.7. The van der Waals surface area contributed by atoms with Crippen LogP contribution in [0, 0.1) is 5.92 Å². The third kappa shape index (κ3) is 4.60. The Hall–Kier alpha value is -2.02. The molecule has 0 N–H and O–H groups in total. The van der Waals surface area contributed by atoms with Crippen molar-refractivity contribution in [1.29, 1.82) is 0 Å². The number of hydrogen-bond acceptors (Lipinski definition) is 5. The van der Waals surface area contributed by atoms with E-state index in [1.165, 1.54) is 0 Å². The van der Waals surface area contributed by atoms with E-state index >= 15 is 0 Å². The molecule has 0 saturated carbocycles. The van der Waals surface area contributed by atoms with Crippen LogP contribution in [0.1, 0.15) is 11.1 Å². The van der Waals surface area contributed by atoms with Gasteiger partial charge in [0.25, 0.3) is 0 Å². The van der Waals surface area contributed by atoms with E-state index in [9.17, 15) is 0 Å². The minimum Gasteiger partial charge on any atom is -0.371 e. The molecule has 2 aliphatic heterocycles. The Labute approximate surface area is 172 Å². The minimum absolute atomic E-state index is 0.00313. The van der Waals surface area contributed by atoms with Crippen LogP contribution in [0.4, 0.5) is 0 Å². The van der Waals surface area contributed by atoms with Gasteiger partial charge in [0.15, 0.2) is 6.29 Å². The van der Waals surface area contributed by atoms with Crippen molar-refractivity contribution in [3.05, 3.63) is 84.4 Å². The summed E-state index contributed by atoms with van der Waals surface area (Å²) in [5, 5.41) is 0. The second-order valence-corrected chi connectivity index (χ2v) is 7.41. The number of fused-ring (bicyclic) bond motifs is 1. The number of ether oxygens (including phenoxy) is 5. The average Bonchev–Trinajstić information content (AvgIpc) is 3.20. The molecule has 2 fully saturated rings. The lowest BCUT2D eigenvalue weighted by atomic mass is 9.86. The summed E-state index contributed by atoms with van der Waals surface area (Å²) < 4.78 is 30.5. The van der Waals surface area contributed by atoms with Gasteiger partial charge in [-0.3, -0.25) is 0 Å². The van der Waals surface area contributed by atoms with Crippen molar-refractivity contribution < 1.29 is 23.7 Å². The molecular formula is C24H28O5. The van der Waals surface area contributed by atoms with Crippen LogP contribution in [-0.2, 0) is 36.9 Å². The lowest BCUT2D eigenvalue weighted by Gasteiger charge is -2.43. The topological polar surface area (TPSA) is 46.2 Å². The normalized spacial score (nSPS) is 31.3. The summed E-state index contributed by atoms with van der Waals surface area (Å²) >= 11 is 0. The molecule has 0 radical (unpaired) electrons. The molecule has 0 amide bonds. The first-order valence-electron chi connectivity index (χ1n) is 10.0. The molecule has 2 aromatic rings. The van der Waals surface area contributed by atoms with Gasteiger partial charge in [0.05, 0.1) is 38.1 Å². The molecule has 2 aliphatic rings. The van der Waals surface area contributed by atoms with E-state index in [0.717, 1.165) is 11.1 Å². The molecule has 154 valence electrons. The lowest BCUT2D eigenvalue weighted by molar-refractivity contribution is -0.292. The molecule has 2 aromatic carbocycles. The minimum atomic E-state index is -0.520. The van der Waals surface area contributed by atoms with E-state index in [1.807, 2.05) is 54.6 Å². The summed E-state index contributed by atoms with van der Waals surface area (Å²) in [6, 6.07) is 20.2.